The third-order valence-corrected chi connectivity index (χ3v) is 8.07. The molecule has 1 aliphatic heterocycles. The van der Waals surface area contributed by atoms with Crippen molar-refractivity contribution in [1.29, 1.82) is 0 Å². The standard InChI is InChI=1S/C14H23FN3O13P3/c1-9(2)3-5-13(7-29-33(24,25)31-34(26,27)30-32(21,22)23)11(19)14(15,8-28-13)18-6-4-10(16)17-12(18)20/h3-6,9,11,19H,7-8H2,1-2H3,(H,24,25)(H,26,27)(H2,16,17,20)(H2,21,22,23)/b5-3+/t11-,13-,14+/m1/s1. The van der Waals surface area contributed by atoms with Gasteiger partial charge < -0.3 is 35.2 Å². The quantitative estimate of drug-likeness (QED) is 0.166. The summed E-state index contributed by atoms with van der Waals surface area (Å²) in [5.41, 5.74) is 1.95. The molecule has 20 heteroatoms. The van der Waals surface area contributed by atoms with Crippen LogP contribution in [0.5, 0.6) is 0 Å². The zero-order chi connectivity index (χ0) is 26.2. The molecule has 1 saturated heterocycles. The summed E-state index contributed by atoms with van der Waals surface area (Å²) in [5, 5.41) is 10.8. The smallest absolute Gasteiger partial charge is 0.384 e. The van der Waals surface area contributed by atoms with Gasteiger partial charge in [0.15, 0.2) is 0 Å². The minimum absolute atomic E-state index is 0.213. The van der Waals surface area contributed by atoms with E-state index >= 15 is 4.39 Å². The molecule has 1 aromatic heterocycles. The molecule has 2 unspecified atom stereocenters. The number of nitrogens with two attached hydrogens (primary N) is 1. The number of halogens is 1. The Hall–Kier alpha value is -1.32. The van der Waals surface area contributed by atoms with Crippen LogP contribution in [-0.4, -0.2) is 59.2 Å². The number of hydrogen-bond acceptors (Lipinski definition) is 11. The normalized spacial score (nSPS) is 29.4. The summed E-state index contributed by atoms with van der Waals surface area (Å²) in [7, 11) is -17.1. The number of aromatic nitrogens is 2. The molecule has 2 rings (SSSR count). The van der Waals surface area contributed by atoms with E-state index in [0.29, 0.717) is 4.57 Å². The molecular formula is C14H23FN3O13P3. The predicted molar refractivity (Wildman–Crippen MR) is 110 cm³/mol. The van der Waals surface area contributed by atoms with Crippen molar-refractivity contribution >= 4 is 29.3 Å². The van der Waals surface area contributed by atoms with E-state index in [2.05, 4.69) is 18.1 Å². The van der Waals surface area contributed by atoms with Gasteiger partial charge in [-0.05, 0) is 12.0 Å². The molecule has 0 amide bonds. The molecule has 0 bridgehead atoms. The van der Waals surface area contributed by atoms with Gasteiger partial charge >= 0.3 is 29.2 Å². The van der Waals surface area contributed by atoms with Gasteiger partial charge in [0.1, 0.15) is 24.1 Å². The maximum absolute atomic E-state index is 15.8. The highest BCUT2D eigenvalue weighted by Gasteiger charge is 2.60. The number of alkyl halides is 1. The number of nitrogens with zero attached hydrogens (tertiary/aromatic N) is 2. The van der Waals surface area contributed by atoms with E-state index in [1.807, 2.05) is 0 Å². The van der Waals surface area contributed by atoms with Crippen molar-refractivity contribution in [3.05, 3.63) is 34.9 Å². The summed E-state index contributed by atoms with van der Waals surface area (Å²) >= 11 is 0. The van der Waals surface area contributed by atoms with E-state index in [1.165, 1.54) is 6.08 Å². The van der Waals surface area contributed by atoms with E-state index in [0.717, 1.165) is 18.3 Å². The van der Waals surface area contributed by atoms with Crippen LogP contribution in [0.15, 0.2) is 29.2 Å². The number of ether oxygens (including phenoxy) is 1. The molecule has 5 atom stereocenters. The van der Waals surface area contributed by atoms with Crippen LogP contribution in [0.1, 0.15) is 13.8 Å². The second kappa shape index (κ2) is 9.97. The Bertz CT molecular complexity index is 1140. The van der Waals surface area contributed by atoms with Crippen molar-refractivity contribution < 1.29 is 60.6 Å². The highest BCUT2D eigenvalue weighted by molar-refractivity contribution is 7.66. The number of anilines is 1. The molecule has 7 N–H and O–H groups in total. The van der Waals surface area contributed by atoms with Gasteiger partial charge in [-0.1, -0.05) is 26.0 Å². The number of allylic oxidation sites excluding steroid dienone is 1. The average Bonchev–Trinajstić information content (AvgIpc) is 2.88. The molecular weight excluding hydrogens is 530 g/mol. The Balaban J connectivity index is 2.35. The second-order valence-corrected chi connectivity index (χ2v) is 11.9. The van der Waals surface area contributed by atoms with Crippen LogP contribution < -0.4 is 11.4 Å². The highest BCUT2D eigenvalue weighted by atomic mass is 31.3. The number of aliphatic hydroxyl groups is 1. The van der Waals surface area contributed by atoms with Crippen LogP contribution in [0, 0.1) is 5.92 Å². The lowest BCUT2D eigenvalue weighted by Crippen LogP contribution is -2.53. The van der Waals surface area contributed by atoms with Crippen LogP contribution in [0.25, 0.3) is 0 Å². The Morgan fingerprint density at radius 3 is 2.44 bits per heavy atom. The molecule has 16 nitrogen and oxygen atoms in total. The van der Waals surface area contributed by atoms with E-state index in [-0.39, 0.29) is 11.7 Å². The van der Waals surface area contributed by atoms with Crippen LogP contribution in [0.4, 0.5) is 10.2 Å². The summed E-state index contributed by atoms with van der Waals surface area (Å²) < 4.78 is 67.6. The number of phosphoric ester groups is 1. The molecule has 194 valence electrons. The summed E-state index contributed by atoms with van der Waals surface area (Å²) in [4.78, 5) is 51.6. The predicted octanol–water partition coefficient (Wildman–Crippen LogP) is 0.133. The average molecular weight is 553 g/mol. The van der Waals surface area contributed by atoms with E-state index < -0.39 is 59.9 Å². The zero-order valence-corrected chi connectivity index (χ0v) is 20.3. The molecule has 1 fully saturated rings. The maximum atomic E-state index is 15.8. The summed E-state index contributed by atoms with van der Waals surface area (Å²) in [6, 6.07) is 1.07. The lowest BCUT2D eigenvalue weighted by atomic mass is 9.92. The lowest BCUT2D eigenvalue weighted by Gasteiger charge is -2.32. The minimum Gasteiger partial charge on any atom is -0.384 e. The number of hydrogen-bond donors (Lipinski definition) is 6. The molecule has 0 radical (unpaired) electrons. The Labute approximate surface area is 191 Å². The van der Waals surface area contributed by atoms with Crippen LogP contribution in [0.2, 0.25) is 0 Å². The van der Waals surface area contributed by atoms with Gasteiger partial charge in [0.05, 0.1) is 6.61 Å². The van der Waals surface area contributed by atoms with Crippen molar-refractivity contribution in [3.8, 4) is 0 Å². The summed E-state index contributed by atoms with van der Waals surface area (Å²) in [6.45, 7) is 1.21. The molecule has 0 aliphatic carbocycles. The second-order valence-electron chi connectivity index (χ2n) is 7.44. The third-order valence-electron chi connectivity index (χ3n) is 4.28. The van der Waals surface area contributed by atoms with Gasteiger partial charge in [-0.15, -0.1) is 0 Å². The number of phosphoric acid groups is 3. The number of aliphatic hydroxyl groups excluding tert-OH is 1. The third kappa shape index (κ3) is 7.10. The minimum atomic E-state index is -5.81. The van der Waals surface area contributed by atoms with E-state index in [1.54, 1.807) is 13.8 Å². The van der Waals surface area contributed by atoms with Gasteiger partial charge in [0.25, 0.3) is 0 Å². The first-order valence-corrected chi connectivity index (χ1v) is 13.7. The van der Waals surface area contributed by atoms with E-state index in [9.17, 15) is 33.4 Å². The largest absolute Gasteiger partial charge is 0.490 e. The van der Waals surface area contributed by atoms with Crippen molar-refractivity contribution in [2.75, 3.05) is 18.9 Å². The van der Waals surface area contributed by atoms with Crippen molar-refractivity contribution in [1.82, 2.24) is 9.55 Å². The monoisotopic (exact) mass is 553 g/mol. The van der Waals surface area contributed by atoms with Gasteiger partial charge in [-0.3, -0.25) is 9.09 Å². The van der Waals surface area contributed by atoms with E-state index in [4.69, 9.17) is 20.3 Å². The van der Waals surface area contributed by atoms with Gasteiger partial charge in [-0.2, -0.15) is 13.6 Å². The maximum Gasteiger partial charge on any atom is 0.490 e. The summed E-state index contributed by atoms with van der Waals surface area (Å²) in [5.74, 6) is -3.40. The van der Waals surface area contributed by atoms with Crippen LogP contribution in [-0.2, 0) is 37.4 Å². The van der Waals surface area contributed by atoms with Crippen LogP contribution in [0.3, 0.4) is 0 Å². The van der Waals surface area contributed by atoms with Crippen molar-refractivity contribution in [2.45, 2.75) is 31.3 Å². The van der Waals surface area contributed by atoms with Gasteiger partial charge in [0.2, 0.25) is 5.79 Å². The summed E-state index contributed by atoms with van der Waals surface area (Å²) in [6.07, 6.45) is 1.12. The molecule has 34 heavy (non-hydrogen) atoms. The molecule has 2 heterocycles. The SMILES string of the molecule is CC(C)/C=C/[C@]1(COP(=O)(O)OP(=O)(O)OP(=O)(O)O)OC[C@](F)(n2ccc(N)nc2=O)[C@@H]1O. The zero-order valence-electron chi connectivity index (χ0n) is 17.6. The van der Waals surface area contributed by atoms with Crippen molar-refractivity contribution in [2.24, 2.45) is 5.92 Å². The number of rotatable bonds is 10. The Morgan fingerprint density at radius 2 is 1.91 bits per heavy atom. The first-order valence-electron chi connectivity index (χ1n) is 9.15. The lowest BCUT2D eigenvalue weighted by molar-refractivity contribution is -0.0793. The van der Waals surface area contributed by atoms with Crippen molar-refractivity contribution in [3.63, 3.8) is 0 Å². The topological polar surface area (TPSA) is 250 Å². The fraction of sp³-hybridized carbons (Fsp3) is 0.571. The highest BCUT2D eigenvalue weighted by Crippen LogP contribution is 2.66. The van der Waals surface area contributed by atoms with Crippen LogP contribution >= 0.6 is 23.5 Å². The number of nitrogen functional groups attached to an aromatic ring is 1. The van der Waals surface area contributed by atoms with Gasteiger partial charge in [0, 0.05) is 6.20 Å². The molecule has 0 saturated carbocycles. The molecule has 0 aromatic carbocycles. The van der Waals surface area contributed by atoms with Gasteiger partial charge in [-0.25, -0.2) is 22.9 Å². The Morgan fingerprint density at radius 1 is 1.29 bits per heavy atom. The molecule has 1 aromatic rings. The fourth-order valence-electron chi connectivity index (χ4n) is 2.82. The molecule has 1 aliphatic rings. The first kappa shape index (κ1) is 28.9. The Kier molecular flexibility index (Phi) is 8.48. The molecule has 0 spiro atoms. The fourth-order valence-corrected chi connectivity index (χ4v) is 5.88. The first-order chi connectivity index (χ1) is 15.3.